The highest BCUT2D eigenvalue weighted by atomic mass is 16.5. The van der Waals surface area contributed by atoms with Crippen molar-refractivity contribution in [3.8, 4) is 5.75 Å². The number of rotatable bonds is 3. The summed E-state index contributed by atoms with van der Waals surface area (Å²) in [4.78, 5) is 0. The molecule has 1 aliphatic rings. The van der Waals surface area contributed by atoms with Crippen LogP contribution in [0.3, 0.4) is 0 Å². The van der Waals surface area contributed by atoms with Crippen LogP contribution in [0.1, 0.15) is 18.4 Å². The summed E-state index contributed by atoms with van der Waals surface area (Å²) in [5, 5.41) is 12.3. The van der Waals surface area contributed by atoms with Crippen LogP contribution in [0.25, 0.3) is 10.8 Å². The summed E-state index contributed by atoms with van der Waals surface area (Å²) in [6.45, 7) is 0. The zero-order valence-corrected chi connectivity index (χ0v) is 9.94. The summed E-state index contributed by atoms with van der Waals surface area (Å²) >= 11 is 0. The molecule has 1 fully saturated rings. The lowest BCUT2D eigenvalue weighted by Gasteiger charge is -2.13. The predicted molar refractivity (Wildman–Crippen MR) is 68.4 cm³/mol. The highest BCUT2D eigenvalue weighted by Gasteiger charge is 2.40. The number of hydrogen-bond acceptors (Lipinski definition) is 2. The molecule has 2 heteroatoms. The van der Waals surface area contributed by atoms with Gasteiger partial charge in [-0.1, -0.05) is 30.3 Å². The molecule has 0 aliphatic heterocycles. The zero-order valence-electron chi connectivity index (χ0n) is 9.94. The average molecular weight is 228 g/mol. The SMILES string of the molecule is COc1ccc(CC2(O)CC2)c2ccccc12. The van der Waals surface area contributed by atoms with E-state index in [9.17, 15) is 5.11 Å². The van der Waals surface area contributed by atoms with Gasteiger partial charge in [-0.05, 0) is 29.9 Å². The van der Waals surface area contributed by atoms with Crippen LogP contribution in [-0.4, -0.2) is 17.8 Å². The van der Waals surface area contributed by atoms with Gasteiger partial charge in [0, 0.05) is 11.8 Å². The molecular weight excluding hydrogens is 212 g/mol. The van der Waals surface area contributed by atoms with Crippen molar-refractivity contribution in [3.05, 3.63) is 42.0 Å². The molecule has 17 heavy (non-hydrogen) atoms. The first-order valence-electron chi connectivity index (χ1n) is 5.99. The number of methoxy groups -OCH3 is 1. The van der Waals surface area contributed by atoms with Crippen molar-refractivity contribution < 1.29 is 9.84 Å². The van der Waals surface area contributed by atoms with Crippen LogP contribution in [0, 0.1) is 0 Å². The van der Waals surface area contributed by atoms with Gasteiger partial charge in [-0.15, -0.1) is 0 Å². The number of ether oxygens (including phenoxy) is 1. The quantitative estimate of drug-likeness (QED) is 0.875. The highest BCUT2D eigenvalue weighted by Crippen LogP contribution is 2.40. The highest BCUT2D eigenvalue weighted by molar-refractivity contribution is 5.91. The standard InChI is InChI=1S/C15H16O2/c1-17-14-7-6-11(10-15(16)8-9-15)12-4-2-3-5-13(12)14/h2-7,16H,8-10H2,1H3. The summed E-state index contributed by atoms with van der Waals surface area (Å²) in [5.74, 6) is 0.895. The van der Waals surface area contributed by atoms with E-state index in [1.807, 2.05) is 18.2 Å². The number of hydrogen-bond donors (Lipinski definition) is 1. The summed E-state index contributed by atoms with van der Waals surface area (Å²) in [5.41, 5.74) is 0.763. The minimum atomic E-state index is -0.447. The largest absolute Gasteiger partial charge is 0.496 e. The van der Waals surface area contributed by atoms with Crippen LogP contribution in [-0.2, 0) is 6.42 Å². The summed E-state index contributed by atoms with van der Waals surface area (Å²) < 4.78 is 5.37. The average Bonchev–Trinajstić information content (AvgIpc) is 3.08. The monoisotopic (exact) mass is 228 g/mol. The lowest BCUT2D eigenvalue weighted by atomic mass is 9.98. The van der Waals surface area contributed by atoms with E-state index in [2.05, 4.69) is 18.2 Å². The van der Waals surface area contributed by atoms with E-state index in [0.29, 0.717) is 0 Å². The van der Waals surface area contributed by atoms with Crippen molar-refractivity contribution in [2.45, 2.75) is 24.9 Å². The van der Waals surface area contributed by atoms with Crippen molar-refractivity contribution in [1.82, 2.24) is 0 Å². The Kier molecular flexibility index (Phi) is 2.33. The molecule has 0 unspecified atom stereocenters. The first-order valence-corrected chi connectivity index (χ1v) is 5.99. The van der Waals surface area contributed by atoms with Gasteiger partial charge in [-0.25, -0.2) is 0 Å². The normalized spacial score (nSPS) is 17.1. The van der Waals surface area contributed by atoms with E-state index in [4.69, 9.17) is 4.74 Å². The van der Waals surface area contributed by atoms with E-state index in [1.54, 1.807) is 7.11 Å². The summed E-state index contributed by atoms with van der Waals surface area (Å²) in [7, 11) is 1.69. The number of aliphatic hydroxyl groups is 1. The third-order valence-electron chi connectivity index (χ3n) is 3.54. The summed E-state index contributed by atoms with van der Waals surface area (Å²) in [6.07, 6.45) is 2.60. The molecule has 2 aromatic carbocycles. The molecular formula is C15H16O2. The molecule has 0 aromatic heterocycles. The van der Waals surface area contributed by atoms with Gasteiger partial charge in [0.1, 0.15) is 5.75 Å². The molecule has 0 amide bonds. The molecule has 1 N–H and O–H groups in total. The van der Waals surface area contributed by atoms with Crippen LogP contribution >= 0.6 is 0 Å². The van der Waals surface area contributed by atoms with Gasteiger partial charge in [-0.3, -0.25) is 0 Å². The van der Waals surface area contributed by atoms with Gasteiger partial charge in [-0.2, -0.15) is 0 Å². The molecule has 3 rings (SSSR count). The second kappa shape index (κ2) is 3.74. The van der Waals surface area contributed by atoms with Gasteiger partial charge >= 0.3 is 0 Å². The van der Waals surface area contributed by atoms with Crippen LogP contribution in [0.4, 0.5) is 0 Å². The molecule has 0 bridgehead atoms. The van der Waals surface area contributed by atoms with E-state index >= 15 is 0 Å². The fraction of sp³-hybridized carbons (Fsp3) is 0.333. The Labute approximate surface area is 101 Å². The Morgan fingerprint density at radius 3 is 2.47 bits per heavy atom. The van der Waals surface area contributed by atoms with Gasteiger partial charge in [0.2, 0.25) is 0 Å². The Hall–Kier alpha value is -1.54. The Morgan fingerprint density at radius 1 is 1.12 bits per heavy atom. The first kappa shape index (κ1) is 10.6. The lowest BCUT2D eigenvalue weighted by molar-refractivity contribution is 0.151. The number of fused-ring (bicyclic) bond motifs is 1. The van der Waals surface area contributed by atoms with Crippen LogP contribution < -0.4 is 4.74 Å². The zero-order chi connectivity index (χ0) is 11.9. The molecule has 0 radical (unpaired) electrons. The minimum Gasteiger partial charge on any atom is -0.496 e. The molecule has 0 heterocycles. The fourth-order valence-corrected chi connectivity index (χ4v) is 2.34. The third-order valence-corrected chi connectivity index (χ3v) is 3.54. The van der Waals surface area contributed by atoms with Crippen molar-refractivity contribution in [2.75, 3.05) is 7.11 Å². The Morgan fingerprint density at radius 2 is 1.82 bits per heavy atom. The third kappa shape index (κ3) is 1.89. The maximum absolute atomic E-state index is 10.0. The van der Waals surface area contributed by atoms with Crippen molar-refractivity contribution in [1.29, 1.82) is 0 Å². The van der Waals surface area contributed by atoms with E-state index in [-0.39, 0.29) is 0 Å². The van der Waals surface area contributed by atoms with Gasteiger partial charge in [0.25, 0.3) is 0 Å². The maximum Gasteiger partial charge on any atom is 0.126 e. The van der Waals surface area contributed by atoms with E-state index in [1.165, 1.54) is 10.9 Å². The van der Waals surface area contributed by atoms with E-state index < -0.39 is 5.60 Å². The summed E-state index contributed by atoms with van der Waals surface area (Å²) in [6, 6.07) is 12.3. The second-order valence-electron chi connectivity index (χ2n) is 4.87. The minimum absolute atomic E-state index is 0.447. The molecule has 2 aromatic rings. The fourth-order valence-electron chi connectivity index (χ4n) is 2.34. The van der Waals surface area contributed by atoms with Crippen LogP contribution in [0.5, 0.6) is 5.75 Å². The van der Waals surface area contributed by atoms with Crippen molar-refractivity contribution in [3.63, 3.8) is 0 Å². The smallest absolute Gasteiger partial charge is 0.126 e. The molecule has 0 spiro atoms. The Balaban J connectivity index is 2.12. The first-order chi connectivity index (χ1) is 8.22. The van der Waals surface area contributed by atoms with E-state index in [0.717, 1.165) is 30.4 Å². The Bertz CT molecular complexity index is 556. The second-order valence-corrected chi connectivity index (χ2v) is 4.87. The van der Waals surface area contributed by atoms with Gasteiger partial charge in [0.05, 0.1) is 12.7 Å². The lowest BCUT2D eigenvalue weighted by Crippen LogP contribution is -2.10. The molecule has 88 valence electrons. The number of benzene rings is 2. The molecule has 0 saturated heterocycles. The molecule has 1 saturated carbocycles. The van der Waals surface area contributed by atoms with Crippen LogP contribution in [0.2, 0.25) is 0 Å². The van der Waals surface area contributed by atoms with Gasteiger partial charge in [0.15, 0.2) is 0 Å². The van der Waals surface area contributed by atoms with Gasteiger partial charge < -0.3 is 9.84 Å². The topological polar surface area (TPSA) is 29.5 Å². The maximum atomic E-state index is 10.0. The van der Waals surface area contributed by atoms with Crippen molar-refractivity contribution >= 4 is 10.8 Å². The van der Waals surface area contributed by atoms with Crippen molar-refractivity contribution in [2.24, 2.45) is 0 Å². The predicted octanol–water partition coefficient (Wildman–Crippen LogP) is 2.92. The molecule has 2 nitrogen and oxygen atoms in total. The molecule has 0 atom stereocenters. The van der Waals surface area contributed by atoms with Crippen LogP contribution in [0.15, 0.2) is 36.4 Å². The molecule has 1 aliphatic carbocycles.